The Morgan fingerprint density at radius 2 is 2.15 bits per heavy atom. The number of halogens is 1. The Balaban J connectivity index is 2.13. The largest absolute Gasteiger partial charge is 0.364 e. The van der Waals surface area contributed by atoms with E-state index in [1.807, 2.05) is 6.20 Å². The van der Waals surface area contributed by atoms with Crippen molar-refractivity contribution in [1.29, 1.82) is 0 Å². The van der Waals surface area contributed by atoms with E-state index < -0.39 is 0 Å². The maximum absolute atomic E-state index is 5.88. The Kier molecular flexibility index (Phi) is 3.23. The molecule has 0 aliphatic carbocycles. The van der Waals surface area contributed by atoms with Gasteiger partial charge in [0.2, 0.25) is 0 Å². The summed E-state index contributed by atoms with van der Waals surface area (Å²) in [5.74, 6) is 0.663. The van der Waals surface area contributed by atoms with E-state index >= 15 is 0 Å². The van der Waals surface area contributed by atoms with Gasteiger partial charge in [0.25, 0.3) is 5.95 Å². The third-order valence-corrected chi connectivity index (χ3v) is 3.03. The van der Waals surface area contributed by atoms with Crippen LogP contribution in [0, 0.1) is 0 Å². The number of hydrogen-bond acceptors (Lipinski definition) is 5. The van der Waals surface area contributed by atoms with Gasteiger partial charge in [0, 0.05) is 24.0 Å². The molecular formula is C13H12ClN5O. The summed E-state index contributed by atoms with van der Waals surface area (Å²) in [7, 11) is 0. The van der Waals surface area contributed by atoms with Crippen LogP contribution in [0.15, 0.2) is 35.3 Å². The van der Waals surface area contributed by atoms with Gasteiger partial charge in [0.15, 0.2) is 0 Å². The summed E-state index contributed by atoms with van der Waals surface area (Å²) in [5, 5.41) is 8.86. The number of rotatable bonds is 3. The van der Waals surface area contributed by atoms with Crippen LogP contribution >= 0.6 is 11.6 Å². The highest BCUT2D eigenvalue weighted by molar-refractivity contribution is 6.29. The lowest BCUT2D eigenvalue weighted by atomic mass is 10.0. The first-order chi connectivity index (χ1) is 9.65. The Hall–Kier alpha value is -2.21. The minimum atomic E-state index is 0.238. The van der Waals surface area contributed by atoms with Gasteiger partial charge >= 0.3 is 0 Å². The monoisotopic (exact) mass is 289 g/mol. The molecular weight excluding hydrogens is 278 g/mol. The maximum atomic E-state index is 5.88. The normalized spacial score (nSPS) is 11.2. The summed E-state index contributed by atoms with van der Waals surface area (Å²) in [6.07, 6.45) is 4.96. The van der Waals surface area contributed by atoms with Crippen molar-refractivity contribution in [3.05, 3.63) is 41.6 Å². The van der Waals surface area contributed by atoms with Crippen LogP contribution in [0.5, 0.6) is 0 Å². The topological polar surface area (TPSA) is 69.6 Å². The van der Waals surface area contributed by atoms with Crippen molar-refractivity contribution >= 4 is 11.6 Å². The first-order valence-electron chi connectivity index (χ1n) is 6.14. The van der Waals surface area contributed by atoms with Crippen LogP contribution in [0.25, 0.3) is 17.2 Å². The molecule has 0 spiro atoms. The Morgan fingerprint density at radius 3 is 2.80 bits per heavy atom. The van der Waals surface area contributed by atoms with Crippen molar-refractivity contribution in [2.24, 2.45) is 0 Å². The molecule has 0 unspecified atom stereocenters. The van der Waals surface area contributed by atoms with E-state index in [1.54, 1.807) is 23.0 Å². The van der Waals surface area contributed by atoms with Crippen LogP contribution in [0.4, 0.5) is 0 Å². The zero-order valence-electron chi connectivity index (χ0n) is 11.0. The van der Waals surface area contributed by atoms with Gasteiger partial charge in [0.05, 0.1) is 5.69 Å². The highest BCUT2D eigenvalue weighted by atomic mass is 35.5. The lowest BCUT2D eigenvalue weighted by molar-refractivity contribution is 0.422. The molecule has 7 heteroatoms. The molecule has 20 heavy (non-hydrogen) atoms. The van der Waals surface area contributed by atoms with Crippen molar-refractivity contribution in [2.75, 3.05) is 0 Å². The molecule has 3 aromatic heterocycles. The predicted molar refractivity (Wildman–Crippen MR) is 73.8 cm³/mol. The van der Waals surface area contributed by atoms with E-state index in [0.29, 0.717) is 11.1 Å². The van der Waals surface area contributed by atoms with E-state index in [-0.39, 0.29) is 5.92 Å². The first kappa shape index (κ1) is 12.8. The second-order valence-corrected chi connectivity index (χ2v) is 4.98. The third-order valence-electron chi connectivity index (χ3n) is 2.82. The minimum Gasteiger partial charge on any atom is -0.364 e. The number of nitrogens with zero attached hydrogens (tertiary/aromatic N) is 5. The highest BCUT2D eigenvalue weighted by Crippen LogP contribution is 2.27. The SMILES string of the molecule is CC(C)c1nn(-c2nccc(Cl)n2)cc1-c1ccon1. The van der Waals surface area contributed by atoms with E-state index in [2.05, 4.69) is 34.1 Å². The van der Waals surface area contributed by atoms with E-state index in [1.165, 1.54) is 6.26 Å². The van der Waals surface area contributed by atoms with Crippen molar-refractivity contribution in [1.82, 2.24) is 24.9 Å². The molecule has 0 aromatic carbocycles. The molecule has 0 saturated carbocycles. The van der Waals surface area contributed by atoms with Crippen LogP contribution in [0.2, 0.25) is 5.15 Å². The van der Waals surface area contributed by atoms with Gasteiger partial charge in [-0.2, -0.15) is 10.1 Å². The molecule has 102 valence electrons. The highest BCUT2D eigenvalue weighted by Gasteiger charge is 2.17. The van der Waals surface area contributed by atoms with E-state index in [9.17, 15) is 0 Å². The molecule has 0 radical (unpaired) electrons. The van der Waals surface area contributed by atoms with Gasteiger partial charge < -0.3 is 4.52 Å². The van der Waals surface area contributed by atoms with E-state index in [0.717, 1.165) is 17.0 Å². The number of aromatic nitrogens is 5. The number of hydrogen-bond donors (Lipinski definition) is 0. The molecule has 0 saturated heterocycles. The molecule has 6 nitrogen and oxygen atoms in total. The molecule has 0 fully saturated rings. The average molecular weight is 290 g/mol. The molecule has 0 bridgehead atoms. The Bertz CT molecular complexity index is 720. The Morgan fingerprint density at radius 1 is 1.30 bits per heavy atom. The van der Waals surface area contributed by atoms with Gasteiger partial charge in [-0.15, -0.1) is 0 Å². The van der Waals surface area contributed by atoms with Crippen LogP contribution in [-0.2, 0) is 0 Å². The lowest BCUT2D eigenvalue weighted by Crippen LogP contribution is -2.02. The molecule has 0 amide bonds. The fourth-order valence-corrected chi connectivity index (χ4v) is 2.03. The summed E-state index contributed by atoms with van der Waals surface area (Å²) in [6.45, 7) is 4.13. The van der Waals surface area contributed by atoms with Crippen molar-refractivity contribution in [2.45, 2.75) is 19.8 Å². The van der Waals surface area contributed by atoms with Crippen LogP contribution in [0.3, 0.4) is 0 Å². The van der Waals surface area contributed by atoms with Gasteiger partial charge in [-0.25, -0.2) is 9.67 Å². The minimum absolute atomic E-state index is 0.238. The smallest absolute Gasteiger partial charge is 0.251 e. The molecule has 0 aliphatic heterocycles. The van der Waals surface area contributed by atoms with Crippen molar-refractivity contribution < 1.29 is 4.52 Å². The van der Waals surface area contributed by atoms with E-state index in [4.69, 9.17) is 16.1 Å². The summed E-state index contributed by atoms with van der Waals surface area (Å²) in [6, 6.07) is 3.42. The summed E-state index contributed by atoms with van der Waals surface area (Å²) < 4.78 is 6.50. The fraction of sp³-hybridized carbons (Fsp3) is 0.231. The lowest BCUT2D eigenvalue weighted by Gasteiger charge is -2.01. The maximum Gasteiger partial charge on any atom is 0.251 e. The van der Waals surface area contributed by atoms with Crippen LogP contribution in [0.1, 0.15) is 25.5 Å². The van der Waals surface area contributed by atoms with Gasteiger partial charge in [-0.1, -0.05) is 30.6 Å². The summed E-state index contributed by atoms with van der Waals surface area (Å²) >= 11 is 5.88. The molecule has 3 aromatic rings. The van der Waals surface area contributed by atoms with Gasteiger partial charge in [-0.3, -0.25) is 0 Å². The van der Waals surface area contributed by atoms with Gasteiger partial charge in [0.1, 0.15) is 17.1 Å². The fourth-order valence-electron chi connectivity index (χ4n) is 1.90. The average Bonchev–Trinajstić information content (AvgIpc) is 3.08. The quantitative estimate of drug-likeness (QED) is 0.693. The molecule has 0 aliphatic rings. The van der Waals surface area contributed by atoms with Crippen molar-refractivity contribution in [3.63, 3.8) is 0 Å². The molecule has 3 heterocycles. The third kappa shape index (κ3) is 2.30. The second-order valence-electron chi connectivity index (χ2n) is 4.59. The molecule has 3 rings (SSSR count). The van der Waals surface area contributed by atoms with Gasteiger partial charge in [-0.05, 0) is 12.0 Å². The predicted octanol–water partition coefficient (Wildman–Crippen LogP) is 3.09. The Labute approximate surface area is 120 Å². The zero-order chi connectivity index (χ0) is 14.1. The second kappa shape index (κ2) is 5.05. The molecule has 0 N–H and O–H groups in total. The first-order valence-corrected chi connectivity index (χ1v) is 6.52. The zero-order valence-corrected chi connectivity index (χ0v) is 11.7. The van der Waals surface area contributed by atoms with Crippen molar-refractivity contribution in [3.8, 4) is 17.2 Å². The standard InChI is InChI=1S/C13H12ClN5O/c1-8(2)12-9(10-4-6-20-18-10)7-19(17-12)13-15-5-3-11(14)16-13/h3-8H,1-2H3. The molecule has 0 atom stereocenters. The van der Waals surface area contributed by atoms with Crippen LogP contribution < -0.4 is 0 Å². The summed E-state index contributed by atoms with van der Waals surface area (Å²) in [4.78, 5) is 8.32. The van der Waals surface area contributed by atoms with Crippen LogP contribution in [-0.4, -0.2) is 24.9 Å². The summed E-state index contributed by atoms with van der Waals surface area (Å²) in [5.41, 5.74) is 2.54.